The van der Waals surface area contributed by atoms with E-state index in [1.807, 2.05) is 0 Å². The molecule has 2 heterocycles. The zero-order valence-electron chi connectivity index (χ0n) is 29.2. The number of hydrogen-bond donors (Lipinski definition) is 4. The van der Waals surface area contributed by atoms with Crippen LogP contribution >= 0.6 is 11.3 Å². The second kappa shape index (κ2) is 15.6. The molecule has 0 aliphatic carbocycles. The predicted molar refractivity (Wildman–Crippen MR) is 179 cm³/mol. The number of aromatic hydroxyl groups is 1. The lowest BCUT2D eigenvalue weighted by Crippen LogP contribution is -2.58. The van der Waals surface area contributed by atoms with Gasteiger partial charge in [-0.15, -0.1) is 0 Å². The lowest BCUT2D eigenvalue weighted by Gasteiger charge is -2.26. The van der Waals surface area contributed by atoms with Crippen LogP contribution in [0.2, 0.25) is 0 Å². The summed E-state index contributed by atoms with van der Waals surface area (Å²) in [5.41, 5.74) is -2.51. The third-order valence-electron chi connectivity index (χ3n) is 6.93. The standard InChI is InChI=1S/C33H36F6N6O7S/c1-30(2,3)51-27(47)41-26(42-28(48)52-31(4,5)6)44-50-12-11-45-25(46)24(53-29(45)49)21(17-8-10-23-19(13-17)16-40-43-23)14-18-7-9-20(32(34,35)36)15-22(18)33(37,38)39/h7-10,13,15-16,26,44,46H,11-12,14H2,1-6H3,(H,41,47)(H,42,48). The lowest BCUT2D eigenvalue weighted by molar-refractivity contribution is -0.143. The molecule has 0 saturated heterocycles. The second-order valence-corrected chi connectivity index (χ2v) is 14.5. The third kappa shape index (κ3) is 11.3. The molecule has 0 atom stereocenters. The molecule has 53 heavy (non-hydrogen) atoms. The van der Waals surface area contributed by atoms with E-state index in [4.69, 9.17) is 14.3 Å². The number of aromatic nitrogens is 1. The molecule has 1 aliphatic heterocycles. The smallest absolute Gasteiger partial charge is 0.416 e. The zero-order chi connectivity index (χ0) is 39.5. The number of halogens is 6. The number of amides is 2. The Morgan fingerprint density at radius 1 is 0.906 bits per heavy atom. The van der Waals surface area contributed by atoms with Gasteiger partial charge in [-0.2, -0.15) is 42.0 Å². The fraction of sp³-hybridized carbons (Fsp3) is 0.424. The Kier molecular flexibility index (Phi) is 12.0. The Bertz CT molecular complexity index is 2030. The van der Waals surface area contributed by atoms with Gasteiger partial charge in [-0.1, -0.05) is 23.5 Å². The van der Waals surface area contributed by atoms with Crippen molar-refractivity contribution in [2.45, 2.75) is 84.4 Å². The summed E-state index contributed by atoms with van der Waals surface area (Å²) in [6, 6.07) is 5.74. The third-order valence-corrected chi connectivity index (χ3v) is 7.96. The number of benzene rings is 2. The van der Waals surface area contributed by atoms with Gasteiger partial charge in [-0.3, -0.25) is 24.8 Å². The quantitative estimate of drug-likeness (QED) is 0.0977. The number of carbonyl (C=O) groups excluding carboxylic acids is 2. The van der Waals surface area contributed by atoms with Crippen molar-refractivity contribution in [3.63, 3.8) is 0 Å². The normalized spacial score (nSPS) is 13.8. The summed E-state index contributed by atoms with van der Waals surface area (Å²) >= 11 is 0.488. The van der Waals surface area contributed by atoms with E-state index in [0.29, 0.717) is 34.4 Å². The highest BCUT2D eigenvalue weighted by atomic mass is 32.1. The zero-order valence-corrected chi connectivity index (χ0v) is 30.0. The largest absolute Gasteiger partial charge is 0.493 e. The van der Waals surface area contributed by atoms with Crippen LogP contribution in [0.5, 0.6) is 5.88 Å². The molecule has 20 heteroatoms. The summed E-state index contributed by atoms with van der Waals surface area (Å²) in [7, 11) is 0. The van der Waals surface area contributed by atoms with Crippen LogP contribution < -0.4 is 31.6 Å². The van der Waals surface area contributed by atoms with E-state index < -0.39 is 75.9 Å². The minimum Gasteiger partial charge on any atom is -0.493 e. The minimum atomic E-state index is -5.18. The molecule has 0 unspecified atom stereocenters. The first-order valence-electron chi connectivity index (χ1n) is 15.7. The van der Waals surface area contributed by atoms with Crippen molar-refractivity contribution in [2.75, 3.05) is 6.61 Å². The van der Waals surface area contributed by atoms with E-state index in [2.05, 4.69) is 26.3 Å². The number of carbonyl (C=O) groups is 2. The van der Waals surface area contributed by atoms with Crippen molar-refractivity contribution in [1.82, 2.24) is 20.7 Å². The molecule has 4 rings (SSSR count). The first kappa shape index (κ1) is 40.8. The van der Waals surface area contributed by atoms with Crippen LogP contribution in [0.3, 0.4) is 0 Å². The van der Waals surface area contributed by atoms with Gasteiger partial charge in [0.2, 0.25) is 5.88 Å². The molecule has 0 fully saturated rings. The van der Waals surface area contributed by atoms with Crippen LogP contribution in [0.15, 0.2) is 51.4 Å². The van der Waals surface area contributed by atoms with Crippen LogP contribution in [0.1, 0.15) is 68.7 Å². The van der Waals surface area contributed by atoms with Crippen molar-refractivity contribution in [3.8, 4) is 5.88 Å². The molecular weight excluding hydrogens is 738 g/mol. The topological polar surface area (TPSA) is 165 Å². The van der Waals surface area contributed by atoms with Gasteiger partial charge in [0.25, 0.3) is 0 Å². The van der Waals surface area contributed by atoms with Gasteiger partial charge in [-0.05, 0) is 82.2 Å². The molecule has 1 aliphatic rings. The van der Waals surface area contributed by atoms with E-state index in [0.717, 1.165) is 4.57 Å². The van der Waals surface area contributed by atoms with Crippen molar-refractivity contribution in [1.29, 1.82) is 0 Å². The SMILES string of the molecule is CC(C)(C)OC(=O)NC(NOCCn1c(O)c(C(Cc2ccc(C(F)(F)F)cc2C(F)(F)F)=c2ccc3c(c2)C=NN=3)sc1=O)NC(=O)OC(C)(C)C. The number of fused-ring (bicyclic) bond motifs is 1. The Hall–Kier alpha value is -4.95. The maximum absolute atomic E-state index is 14.1. The van der Waals surface area contributed by atoms with Gasteiger partial charge in [0.15, 0.2) is 6.29 Å². The van der Waals surface area contributed by atoms with Gasteiger partial charge in [0.1, 0.15) is 11.2 Å². The fourth-order valence-electron chi connectivity index (χ4n) is 4.78. The highest BCUT2D eigenvalue weighted by Crippen LogP contribution is 2.39. The van der Waals surface area contributed by atoms with Gasteiger partial charge < -0.3 is 14.6 Å². The maximum atomic E-state index is 14.1. The van der Waals surface area contributed by atoms with Gasteiger partial charge in [0, 0.05) is 12.0 Å². The molecule has 2 amide bonds. The van der Waals surface area contributed by atoms with Crippen LogP contribution in [0.4, 0.5) is 35.9 Å². The minimum absolute atomic E-state index is 0.000984. The van der Waals surface area contributed by atoms with E-state index in [9.17, 15) is 45.8 Å². The van der Waals surface area contributed by atoms with Gasteiger partial charge >= 0.3 is 29.4 Å². The Morgan fingerprint density at radius 2 is 1.53 bits per heavy atom. The van der Waals surface area contributed by atoms with Crippen LogP contribution in [-0.4, -0.2) is 52.2 Å². The van der Waals surface area contributed by atoms with E-state index >= 15 is 0 Å². The lowest BCUT2D eigenvalue weighted by atomic mass is 9.94. The molecule has 288 valence electrons. The van der Waals surface area contributed by atoms with Gasteiger partial charge in [-0.25, -0.2) is 9.59 Å². The highest BCUT2D eigenvalue weighted by molar-refractivity contribution is 7.10. The predicted octanol–water partition coefficient (Wildman–Crippen LogP) is 4.92. The summed E-state index contributed by atoms with van der Waals surface area (Å²) in [6.45, 7) is 8.95. The molecular formula is C33H36F6N6O7S. The molecule has 0 spiro atoms. The number of ether oxygens (including phenoxy) is 2. The number of thiazole rings is 1. The summed E-state index contributed by atoms with van der Waals surface area (Å²) in [4.78, 5) is 42.3. The number of hydrogen-bond acceptors (Lipinski definition) is 11. The Labute approximate surface area is 301 Å². The summed E-state index contributed by atoms with van der Waals surface area (Å²) in [6.07, 6.45) is -12.8. The second-order valence-electron chi connectivity index (χ2n) is 13.5. The van der Waals surface area contributed by atoms with E-state index in [1.54, 1.807) is 41.5 Å². The summed E-state index contributed by atoms with van der Waals surface area (Å²) in [5.74, 6) is -0.659. The monoisotopic (exact) mass is 774 g/mol. The average molecular weight is 775 g/mol. The molecule has 13 nitrogen and oxygen atoms in total. The molecule has 1 aromatic heterocycles. The first-order valence-corrected chi connectivity index (χ1v) is 16.5. The molecule has 0 radical (unpaired) electrons. The van der Waals surface area contributed by atoms with Crippen molar-refractivity contribution in [3.05, 3.63) is 83.8 Å². The molecule has 3 aromatic rings. The Morgan fingerprint density at radius 3 is 2.09 bits per heavy atom. The van der Waals surface area contributed by atoms with Crippen molar-refractivity contribution in [2.24, 2.45) is 10.2 Å². The van der Waals surface area contributed by atoms with Crippen molar-refractivity contribution < 1.29 is 55.3 Å². The van der Waals surface area contributed by atoms with Crippen LogP contribution in [-0.2, 0) is 39.6 Å². The number of rotatable bonds is 10. The summed E-state index contributed by atoms with van der Waals surface area (Å²) in [5, 5.41) is 24.3. The number of nitrogens with one attached hydrogen (secondary N) is 3. The molecule has 2 aromatic carbocycles. The van der Waals surface area contributed by atoms with Crippen LogP contribution in [0, 0.1) is 0 Å². The molecule has 4 N–H and O–H groups in total. The fourth-order valence-corrected chi connectivity index (χ4v) is 5.76. The number of hydroxylamine groups is 1. The maximum Gasteiger partial charge on any atom is 0.416 e. The van der Waals surface area contributed by atoms with E-state index in [1.165, 1.54) is 24.4 Å². The van der Waals surface area contributed by atoms with Crippen molar-refractivity contribution >= 4 is 35.3 Å². The first-order chi connectivity index (χ1) is 24.4. The number of alkyl carbamates (subject to hydrolysis) is 2. The van der Waals surface area contributed by atoms with Gasteiger partial charge in [0.05, 0.1) is 40.7 Å². The number of alkyl halides is 6. The summed E-state index contributed by atoms with van der Waals surface area (Å²) < 4.78 is 93.8. The molecule has 0 saturated carbocycles. The number of nitrogens with zero attached hydrogens (tertiary/aromatic N) is 3. The van der Waals surface area contributed by atoms with E-state index in [-0.39, 0.29) is 34.9 Å². The Balaban J connectivity index is 1.64. The average Bonchev–Trinajstić information content (AvgIpc) is 3.58. The molecule has 0 bridgehead atoms. The van der Waals surface area contributed by atoms with Crippen LogP contribution in [0.25, 0.3) is 5.57 Å². The highest BCUT2D eigenvalue weighted by Gasteiger charge is 2.38.